The molecule has 19 heavy (non-hydrogen) atoms. The zero-order chi connectivity index (χ0) is 14.3. The molecule has 1 aromatic carbocycles. The Labute approximate surface area is 111 Å². The van der Waals surface area contributed by atoms with Crippen LogP contribution in [0.15, 0.2) is 34.3 Å². The summed E-state index contributed by atoms with van der Waals surface area (Å²) in [4.78, 5) is 18.7. The molecule has 0 aromatic heterocycles. The highest BCUT2D eigenvalue weighted by Crippen LogP contribution is 2.15. The minimum atomic E-state index is -0.256. The maximum absolute atomic E-state index is 11.1. The van der Waals surface area contributed by atoms with Gasteiger partial charge in [-0.15, -0.1) is 0 Å². The molecule has 0 aliphatic rings. The Bertz CT molecular complexity index is 507. The molecule has 0 atom stereocenters. The number of aliphatic imine (C=N–C) groups is 2. The first-order valence-corrected chi connectivity index (χ1v) is 5.61. The van der Waals surface area contributed by atoms with Gasteiger partial charge < -0.3 is 21.9 Å². The largest absolute Gasteiger partial charge is 0.469 e. The quantitative estimate of drug-likeness (QED) is 0.400. The minimum absolute atomic E-state index is 0.0230. The van der Waals surface area contributed by atoms with Crippen molar-refractivity contribution in [2.45, 2.75) is 12.8 Å². The van der Waals surface area contributed by atoms with Gasteiger partial charge in [0.15, 0.2) is 5.96 Å². The monoisotopic (exact) mass is 263 g/mol. The highest BCUT2D eigenvalue weighted by molar-refractivity contribution is 5.93. The molecule has 0 unspecified atom stereocenters. The van der Waals surface area contributed by atoms with Crippen molar-refractivity contribution in [3.05, 3.63) is 29.8 Å². The van der Waals surface area contributed by atoms with Crippen molar-refractivity contribution in [2.24, 2.45) is 27.2 Å². The number of aryl methyl sites for hydroxylation is 1. The van der Waals surface area contributed by atoms with Gasteiger partial charge in [-0.3, -0.25) is 4.79 Å². The van der Waals surface area contributed by atoms with E-state index in [9.17, 15) is 4.79 Å². The van der Waals surface area contributed by atoms with Gasteiger partial charge in [0.2, 0.25) is 5.96 Å². The van der Waals surface area contributed by atoms with Crippen molar-refractivity contribution in [3.63, 3.8) is 0 Å². The molecule has 7 heteroatoms. The third-order valence-electron chi connectivity index (χ3n) is 2.24. The van der Waals surface area contributed by atoms with Crippen LogP contribution in [0.25, 0.3) is 0 Å². The molecule has 102 valence electrons. The van der Waals surface area contributed by atoms with Crippen LogP contribution >= 0.6 is 0 Å². The van der Waals surface area contributed by atoms with Gasteiger partial charge >= 0.3 is 5.97 Å². The highest BCUT2D eigenvalue weighted by atomic mass is 16.5. The molecule has 0 radical (unpaired) electrons. The van der Waals surface area contributed by atoms with E-state index in [1.165, 1.54) is 7.11 Å². The predicted octanol–water partition coefficient (Wildman–Crippen LogP) is 0.0118. The maximum Gasteiger partial charge on any atom is 0.305 e. The van der Waals surface area contributed by atoms with Crippen molar-refractivity contribution in [2.75, 3.05) is 7.11 Å². The van der Waals surface area contributed by atoms with E-state index in [1.807, 2.05) is 12.1 Å². The highest BCUT2D eigenvalue weighted by Gasteiger charge is 2.02. The van der Waals surface area contributed by atoms with E-state index in [0.29, 0.717) is 18.5 Å². The van der Waals surface area contributed by atoms with Crippen LogP contribution in [0.5, 0.6) is 0 Å². The van der Waals surface area contributed by atoms with Crippen LogP contribution in [0, 0.1) is 0 Å². The Hall–Kier alpha value is -2.57. The summed E-state index contributed by atoms with van der Waals surface area (Å²) in [5, 5.41) is 0. The van der Waals surface area contributed by atoms with Crippen LogP contribution in [-0.4, -0.2) is 25.0 Å². The van der Waals surface area contributed by atoms with Crippen LogP contribution < -0.4 is 17.2 Å². The van der Waals surface area contributed by atoms with Crippen molar-refractivity contribution in [3.8, 4) is 0 Å². The number of methoxy groups -OCH3 is 1. The second kappa shape index (κ2) is 7.00. The summed E-state index contributed by atoms with van der Waals surface area (Å²) < 4.78 is 4.58. The molecule has 1 rings (SSSR count). The SMILES string of the molecule is COC(=O)CCc1cccc(N=C(N)N=C(N)N)c1. The predicted molar refractivity (Wildman–Crippen MR) is 73.9 cm³/mol. The van der Waals surface area contributed by atoms with Crippen molar-refractivity contribution >= 4 is 23.6 Å². The summed E-state index contributed by atoms with van der Waals surface area (Å²) in [5.74, 6) is -0.429. The van der Waals surface area contributed by atoms with Gasteiger partial charge in [0.1, 0.15) is 0 Å². The molecule has 0 aliphatic carbocycles. The lowest BCUT2D eigenvalue weighted by molar-refractivity contribution is -0.140. The van der Waals surface area contributed by atoms with Gasteiger partial charge in [-0.25, -0.2) is 4.99 Å². The Morgan fingerprint density at radius 1 is 1.32 bits per heavy atom. The van der Waals surface area contributed by atoms with Crippen molar-refractivity contribution in [1.29, 1.82) is 0 Å². The Balaban J connectivity index is 2.77. The average Bonchev–Trinajstić information content (AvgIpc) is 2.35. The molecule has 0 saturated heterocycles. The summed E-state index contributed by atoms with van der Waals surface area (Å²) in [5.41, 5.74) is 17.5. The fourth-order valence-corrected chi connectivity index (χ4v) is 1.42. The van der Waals surface area contributed by atoms with Crippen LogP contribution in [-0.2, 0) is 16.0 Å². The summed E-state index contributed by atoms with van der Waals surface area (Å²) in [6, 6.07) is 7.27. The Morgan fingerprint density at radius 3 is 2.68 bits per heavy atom. The molecule has 0 amide bonds. The molecular formula is C12H17N5O2. The number of guanidine groups is 2. The first kappa shape index (κ1) is 14.5. The number of hydrogen-bond donors (Lipinski definition) is 3. The topological polar surface area (TPSA) is 129 Å². The normalized spacial score (nSPS) is 10.9. The molecule has 0 heterocycles. The van der Waals surface area contributed by atoms with Gasteiger partial charge in [-0.05, 0) is 24.1 Å². The lowest BCUT2D eigenvalue weighted by Crippen LogP contribution is -2.26. The first-order chi connectivity index (χ1) is 9.01. The zero-order valence-corrected chi connectivity index (χ0v) is 10.7. The molecular weight excluding hydrogens is 246 g/mol. The van der Waals surface area contributed by atoms with E-state index in [4.69, 9.17) is 17.2 Å². The van der Waals surface area contributed by atoms with Crippen LogP contribution in [0.4, 0.5) is 5.69 Å². The fourth-order valence-electron chi connectivity index (χ4n) is 1.42. The van der Waals surface area contributed by atoms with Gasteiger partial charge in [0.25, 0.3) is 0 Å². The third kappa shape index (κ3) is 5.53. The number of nitrogens with two attached hydrogens (primary N) is 3. The number of hydrogen-bond acceptors (Lipinski definition) is 3. The number of esters is 1. The van der Waals surface area contributed by atoms with E-state index < -0.39 is 0 Å². The van der Waals surface area contributed by atoms with Crippen LogP contribution in [0.2, 0.25) is 0 Å². The molecule has 0 spiro atoms. The van der Waals surface area contributed by atoms with Crippen molar-refractivity contribution in [1.82, 2.24) is 0 Å². The summed E-state index contributed by atoms with van der Waals surface area (Å²) in [7, 11) is 1.36. The smallest absolute Gasteiger partial charge is 0.305 e. The van der Waals surface area contributed by atoms with E-state index in [2.05, 4.69) is 14.7 Å². The number of rotatable bonds is 4. The maximum atomic E-state index is 11.1. The number of carbonyl (C=O) groups excluding carboxylic acids is 1. The molecule has 0 saturated carbocycles. The van der Waals surface area contributed by atoms with Gasteiger partial charge in [0, 0.05) is 6.42 Å². The standard InChI is InChI=1S/C12H17N5O2/c1-19-10(18)6-5-8-3-2-4-9(7-8)16-12(15)17-11(13)14/h2-4,7H,5-6H2,1H3,(H6,13,14,15,16,17). The van der Waals surface area contributed by atoms with Gasteiger partial charge in [-0.2, -0.15) is 4.99 Å². The van der Waals surface area contributed by atoms with E-state index in [0.717, 1.165) is 5.56 Å². The molecule has 0 bridgehead atoms. The molecule has 1 aromatic rings. The van der Waals surface area contributed by atoms with Gasteiger partial charge in [0.05, 0.1) is 12.8 Å². The van der Waals surface area contributed by atoms with E-state index >= 15 is 0 Å². The lowest BCUT2D eigenvalue weighted by Gasteiger charge is -2.02. The molecule has 6 N–H and O–H groups in total. The number of ether oxygens (including phenoxy) is 1. The molecule has 0 fully saturated rings. The zero-order valence-electron chi connectivity index (χ0n) is 10.7. The number of benzene rings is 1. The van der Waals surface area contributed by atoms with E-state index in [-0.39, 0.29) is 17.9 Å². The minimum Gasteiger partial charge on any atom is -0.469 e. The number of nitrogens with zero attached hydrogens (tertiary/aromatic N) is 2. The molecule has 7 nitrogen and oxygen atoms in total. The van der Waals surface area contributed by atoms with Crippen LogP contribution in [0.3, 0.4) is 0 Å². The first-order valence-electron chi connectivity index (χ1n) is 5.61. The molecule has 0 aliphatic heterocycles. The van der Waals surface area contributed by atoms with E-state index in [1.54, 1.807) is 12.1 Å². The van der Waals surface area contributed by atoms with Gasteiger partial charge in [-0.1, -0.05) is 12.1 Å². The lowest BCUT2D eigenvalue weighted by atomic mass is 10.1. The summed E-state index contributed by atoms with van der Waals surface area (Å²) in [6.45, 7) is 0. The Kier molecular flexibility index (Phi) is 5.34. The van der Waals surface area contributed by atoms with Crippen molar-refractivity contribution < 1.29 is 9.53 Å². The third-order valence-corrected chi connectivity index (χ3v) is 2.24. The fraction of sp³-hybridized carbons (Fsp3) is 0.250. The Morgan fingerprint density at radius 2 is 2.05 bits per heavy atom. The second-order valence-electron chi connectivity index (χ2n) is 3.75. The van der Waals surface area contributed by atoms with Crippen LogP contribution in [0.1, 0.15) is 12.0 Å². The second-order valence-corrected chi connectivity index (χ2v) is 3.75. The summed E-state index contributed by atoms with van der Waals surface area (Å²) in [6.07, 6.45) is 0.880. The summed E-state index contributed by atoms with van der Waals surface area (Å²) >= 11 is 0. The number of carbonyl (C=O) groups is 1. The average molecular weight is 263 g/mol.